The number of thiophene rings is 1. The maximum atomic E-state index is 13.1. The molecule has 1 N–H and O–H groups in total. The number of amides is 1. The van der Waals surface area contributed by atoms with Gasteiger partial charge in [-0.2, -0.15) is 0 Å². The summed E-state index contributed by atoms with van der Waals surface area (Å²) in [6.07, 6.45) is 7.59. The van der Waals surface area contributed by atoms with Crippen LogP contribution in [0.2, 0.25) is 0 Å². The van der Waals surface area contributed by atoms with Crippen LogP contribution in [0.5, 0.6) is 5.75 Å². The van der Waals surface area contributed by atoms with Crippen LogP contribution in [-0.4, -0.2) is 46.2 Å². The quantitative estimate of drug-likeness (QED) is 0.715. The maximum Gasteiger partial charge on any atom is 0.255 e. The van der Waals surface area contributed by atoms with Crippen LogP contribution in [0.15, 0.2) is 42.0 Å². The largest absolute Gasteiger partial charge is 0.487 e. The maximum absolute atomic E-state index is 13.1. The molecular formula is C23H24N2O3S. The van der Waals surface area contributed by atoms with E-state index in [0.717, 1.165) is 41.3 Å². The van der Waals surface area contributed by atoms with Crippen molar-refractivity contribution in [3.05, 3.63) is 58.0 Å². The predicted molar refractivity (Wildman–Crippen MR) is 114 cm³/mol. The zero-order chi connectivity index (χ0) is 19.8. The number of hydrogen-bond acceptors (Lipinski definition) is 5. The summed E-state index contributed by atoms with van der Waals surface area (Å²) in [5.41, 5.74) is 2.08. The average molecular weight is 409 g/mol. The zero-order valence-corrected chi connectivity index (χ0v) is 17.0. The molecule has 1 aliphatic heterocycles. The second-order valence-corrected chi connectivity index (χ2v) is 8.84. The van der Waals surface area contributed by atoms with Gasteiger partial charge in [0.15, 0.2) is 0 Å². The zero-order valence-electron chi connectivity index (χ0n) is 16.2. The van der Waals surface area contributed by atoms with E-state index in [1.54, 1.807) is 28.6 Å². The molecule has 1 fully saturated rings. The third kappa shape index (κ3) is 3.51. The Kier molecular flexibility index (Phi) is 4.97. The molecule has 0 unspecified atom stereocenters. The minimum absolute atomic E-state index is 0.0538. The highest BCUT2D eigenvalue weighted by Gasteiger charge is 2.33. The Hall–Kier alpha value is -2.44. The number of piperidine rings is 1. The molecule has 2 aliphatic rings. The Balaban J connectivity index is 1.29. The van der Waals surface area contributed by atoms with Crippen molar-refractivity contribution in [2.45, 2.75) is 44.3 Å². The van der Waals surface area contributed by atoms with Gasteiger partial charge in [0.25, 0.3) is 5.91 Å². The van der Waals surface area contributed by atoms with Crippen LogP contribution in [0.4, 0.5) is 0 Å². The number of aliphatic hydroxyl groups excluding tert-OH is 1. The predicted octanol–water partition coefficient (Wildman–Crippen LogP) is 3.83. The number of nitrogens with zero attached hydrogens (tertiary/aromatic N) is 2. The molecule has 2 atom stereocenters. The van der Waals surface area contributed by atoms with E-state index in [4.69, 9.17) is 4.74 Å². The molecule has 0 radical (unpaired) electrons. The van der Waals surface area contributed by atoms with Gasteiger partial charge in [0.2, 0.25) is 0 Å². The van der Waals surface area contributed by atoms with E-state index < -0.39 is 6.10 Å². The standard InChI is InChI=1S/C23H24N2O3S/c26-19-13-25(23(27)18-14-29-22-7-2-1-5-17(18)22)11-9-21(19)28-20-6-3-4-15-12-24-10-8-16(15)20/h3-4,6,8,10,12,14,19,21,26H,1-2,5,7,9,11,13H2/t19-,21-/m1/s1. The second kappa shape index (κ2) is 7.76. The molecule has 1 saturated heterocycles. The molecule has 0 bridgehead atoms. The fraction of sp³-hybridized carbons (Fsp3) is 0.391. The number of carbonyl (C=O) groups excluding carboxylic acids is 1. The molecule has 3 aromatic rings. The molecule has 0 saturated carbocycles. The number of hydrogen-bond donors (Lipinski definition) is 1. The lowest BCUT2D eigenvalue weighted by Crippen LogP contribution is -2.51. The van der Waals surface area contributed by atoms with Crippen molar-refractivity contribution >= 4 is 28.0 Å². The van der Waals surface area contributed by atoms with Crippen LogP contribution in [0.25, 0.3) is 10.8 Å². The number of β-amino-alcohol motifs (C(OH)–C–C–N with tert-alkyl or cyclic N) is 1. The summed E-state index contributed by atoms with van der Waals surface area (Å²) in [4.78, 5) is 20.4. The van der Waals surface area contributed by atoms with Crippen molar-refractivity contribution in [1.82, 2.24) is 9.88 Å². The average Bonchev–Trinajstić information content (AvgIpc) is 3.19. The first-order chi connectivity index (χ1) is 14.2. The van der Waals surface area contributed by atoms with E-state index in [2.05, 4.69) is 4.98 Å². The molecule has 1 aliphatic carbocycles. The first-order valence-electron chi connectivity index (χ1n) is 10.3. The van der Waals surface area contributed by atoms with Gasteiger partial charge in [-0.3, -0.25) is 9.78 Å². The molecule has 150 valence electrons. The smallest absolute Gasteiger partial charge is 0.255 e. The number of likely N-dealkylation sites (tertiary alicyclic amines) is 1. The van der Waals surface area contributed by atoms with Crippen molar-refractivity contribution in [2.24, 2.45) is 0 Å². The van der Waals surface area contributed by atoms with Crippen molar-refractivity contribution in [3.8, 4) is 5.75 Å². The molecule has 6 heteroatoms. The van der Waals surface area contributed by atoms with Crippen LogP contribution < -0.4 is 4.74 Å². The number of fused-ring (bicyclic) bond motifs is 2. The summed E-state index contributed by atoms with van der Waals surface area (Å²) in [6.45, 7) is 0.901. The summed E-state index contributed by atoms with van der Waals surface area (Å²) >= 11 is 1.71. The molecule has 3 heterocycles. The third-order valence-electron chi connectivity index (χ3n) is 6.02. The van der Waals surface area contributed by atoms with Gasteiger partial charge in [0, 0.05) is 46.4 Å². The van der Waals surface area contributed by atoms with E-state index >= 15 is 0 Å². The van der Waals surface area contributed by atoms with E-state index in [0.29, 0.717) is 19.5 Å². The van der Waals surface area contributed by atoms with Crippen LogP contribution in [0.1, 0.15) is 40.1 Å². The van der Waals surface area contributed by atoms with Gasteiger partial charge in [0.05, 0.1) is 12.1 Å². The minimum Gasteiger partial charge on any atom is -0.487 e. The van der Waals surface area contributed by atoms with E-state index in [1.165, 1.54) is 16.9 Å². The van der Waals surface area contributed by atoms with Gasteiger partial charge in [-0.1, -0.05) is 12.1 Å². The Bertz CT molecular complexity index is 1040. The Morgan fingerprint density at radius 1 is 1.24 bits per heavy atom. The summed E-state index contributed by atoms with van der Waals surface area (Å²) in [7, 11) is 0. The van der Waals surface area contributed by atoms with Gasteiger partial charge in [-0.25, -0.2) is 0 Å². The van der Waals surface area contributed by atoms with Crippen LogP contribution in [0.3, 0.4) is 0 Å². The summed E-state index contributed by atoms with van der Waals surface area (Å²) in [6, 6.07) is 7.78. The molecule has 1 amide bonds. The van der Waals surface area contributed by atoms with E-state index in [9.17, 15) is 9.90 Å². The fourth-order valence-electron chi connectivity index (χ4n) is 4.43. The normalized spacial score (nSPS) is 21.8. The summed E-state index contributed by atoms with van der Waals surface area (Å²) < 4.78 is 6.18. The highest BCUT2D eigenvalue weighted by atomic mass is 32.1. The molecule has 0 spiro atoms. The first-order valence-corrected chi connectivity index (χ1v) is 11.1. The van der Waals surface area contributed by atoms with Gasteiger partial charge in [-0.05, 0) is 43.4 Å². The molecule has 5 nitrogen and oxygen atoms in total. The summed E-state index contributed by atoms with van der Waals surface area (Å²) in [5, 5.41) is 14.7. The van der Waals surface area contributed by atoms with Crippen LogP contribution in [-0.2, 0) is 12.8 Å². The van der Waals surface area contributed by atoms with E-state index in [1.807, 2.05) is 29.6 Å². The molecular weight excluding hydrogens is 384 g/mol. The van der Waals surface area contributed by atoms with Crippen LogP contribution >= 0.6 is 11.3 Å². The number of carbonyl (C=O) groups is 1. The lowest BCUT2D eigenvalue weighted by molar-refractivity contribution is -0.0193. The van der Waals surface area contributed by atoms with Crippen molar-refractivity contribution in [1.29, 1.82) is 0 Å². The number of aryl methyl sites for hydroxylation is 1. The topological polar surface area (TPSA) is 62.7 Å². The Morgan fingerprint density at radius 2 is 2.14 bits per heavy atom. The number of aliphatic hydroxyl groups is 1. The fourth-order valence-corrected chi connectivity index (χ4v) is 5.55. The molecule has 2 aromatic heterocycles. The third-order valence-corrected chi connectivity index (χ3v) is 7.11. The number of aromatic nitrogens is 1. The van der Waals surface area contributed by atoms with Gasteiger partial charge in [0.1, 0.15) is 18.0 Å². The lowest BCUT2D eigenvalue weighted by atomic mass is 9.95. The lowest BCUT2D eigenvalue weighted by Gasteiger charge is -2.36. The van der Waals surface area contributed by atoms with Gasteiger partial charge in [-0.15, -0.1) is 11.3 Å². The number of rotatable bonds is 3. The van der Waals surface area contributed by atoms with Crippen molar-refractivity contribution < 1.29 is 14.6 Å². The summed E-state index contributed by atoms with van der Waals surface area (Å²) in [5.74, 6) is 0.804. The molecule has 1 aromatic carbocycles. The number of pyridine rings is 1. The Labute approximate surface area is 173 Å². The minimum atomic E-state index is -0.709. The van der Waals surface area contributed by atoms with E-state index in [-0.39, 0.29) is 12.0 Å². The second-order valence-electron chi connectivity index (χ2n) is 7.87. The molecule has 29 heavy (non-hydrogen) atoms. The highest BCUT2D eigenvalue weighted by Crippen LogP contribution is 2.32. The van der Waals surface area contributed by atoms with Gasteiger partial charge >= 0.3 is 0 Å². The SMILES string of the molecule is O=C(c1csc2c1CCCC2)N1CC[C@@H](Oc2cccc3cnccc23)[C@H](O)C1. The number of benzene rings is 1. The van der Waals surface area contributed by atoms with Crippen LogP contribution in [0, 0.1) is 0 Å². The molecule has 5 rings (SSSR count). The van der Waals surface area contributed by atoms with Crippen molar-refractivity contribution in [3.63, 3.8) is 0 Å². The van der Waals surface area contributed by atoms with Gasteiger partial charge < -0.3 is 14.7 Å². The Morgan fingerprint density at radius 3 is 3.03 bits per heavy atom. The number of ether oxygens (including phenoxy) is 1. The first kappa shape index (κ1) is 18.6. The highest BCUT2D eigenvalue weighted by molar-refractivity contribution is 7.10. The monoisotopic (exact) mass is 408 g/mol. The van der Waals surface area contributed by atoms with Crippen molar-refractivity contribution in [2.75, 3.05) is 13.1 Å².